The molecule has 3 nitrogen and oxygen atoms in total. The lowest BCUT2D eigenvalue weighted by Crippen LogP contribution is -2.37. The van der Waals surface area contributed by atoms with Crippen molar-refractivity contribution in [2.45, 2.75) is 39.2 Å². The molecular formula is C12H22N2O. The molecule has 1 amide bonds. The quantitative estimate of drug-likeness (QED) is 0.760. The van der Waals surface area contributed by atoms with E-state index in [1.165, 1.54) is 6.42 Å². The second-order valence-electron chi connectivity index (χ2n) is 4.87. The van der Waals surface area contributed by atoms with Gasteiger partial charge >= 0.3 is 0 Å². The van der Waals surface area contributed by atoms with Crippen LogP contribution in [0.2, 0.25) is 0 Å². The van der Waals surface area contributed by atoms with Gasteiger partial charge in [-0.15, -0.1) is 0 Å². The number of likely N-dealkylation sites (tertiary alicyclic amines) is 1. The number of hydrogen-bond donors (Lipinski definition) is 1. The van der Waals surface area contributed by atoms with Gasteiger partial charge in [-0.1, -0.05) is 13.8 Å². The predicted octanol–water partition coefficient (Wildman–Crippen LogP) is 1.24. The Bertz CT molecular complexity index is 226. The van der Waals surface area contributed by atoms with Gasteiger partial charge in [-0.3, -0.25) is 4.79 Å². The van der Waals surface area contributed by atoms with Crippen LogP contribution in [0.3, 0.4) is 0 Å². The fourth-order valence-corrected chi connectivity index (χ4v) is 2.93. The molecule has 3 heteroatoms. The SMILES string of the molecule is CCC(CC)C(=O)N1C[C@@H]2CCN[C@@H]2C1. The summed E-state index contributed by atoms with van der Waals surface area (Å²) in [4.78, 5) is 14.2. The van der Waals surface area contributed by atoms with Gasteiger partial charge in [-0.2, -0.15) is 0 Å². The molecule has 2 saturated heterocycles. The summed E-state index contributed by atoms with van der Waals surface area (Å²) in [6.45, 7) is 7.30. The third-order valence-corrected chi connectivity index (χ3v) is 4.01. The third kappa shape index (κ3) is 2.03. The molecule has 1 N–H and O–H groups in total. The predicted molar refractivity (Wildman–Crippen MR) is 60.5 cm³/mol. The van der Waals surface area contributed by atoms with Crippen molar-refractivity contribution < 1.29 is 4.79 Å². The molecule has 0 spiro atoms. The van der Waals surface area contributed by atoms with Crippen LogP contribution in [0.4, 0.5) is 0 Å². The summed E-state index contributed by atoms with van der Waals surface area (Å²) in [5.41, 5.74) is 0. The number of rotatable bonds is 3. The van der Waals surface area contributed by atoms with Gasteiger partial charge < -0.3 is 10.2 Å². The molecule has 2 atom stereocenters. The highest BCUT2D eigenvalue weighted by Crippen LogP contribution is 2.26. The Morgan fingerprint density at radius 3 is 2.73 bits per heavy atom. The van der Waals surface area contributed by atoms with E-state index in [2.05, 4.69) is 24.1 Å². The van der Waals surface area contributed by atoms with Crippen LogP contribution >= 0.6 is 0 Å². The summed E-state index contributed by atoms with van der Waals surface area (Å²) in [6, 6.07) is 0.586. The van der Waals surface area contributed by atoms with Gasteiger partial charge in [0, 0.05) is 25.0 Å². The van der Waals surface area contributed by atoms with Crippen LogP contribution in [0.1, 0.15) is 33.1 Å². The second-order valence-corrected chi connectivity index (χ2v) is 4.87. The molecule has 2 heterocycles. The van der Waals surface area contributed by atoms with E-state index < -0.39 is 0 Å². The molecule has 86 valence electrons. The fraction of sp³-hybridized carbons (Fsp3) is 0.917. The maximum absolute atomic E-state index is 12.1. The first-order valence-corrected chi connectivity index (χ1v) is 6.28. The van der Waals surface area contributed by atoms with Crippen molar-refractivity contribution in [2.75, 3.05) is 19.6 Å². The smallest absolute Gasteiger partial charge is 0.225 e. The lowest BCUT2D eigenvalue weighted by atomic mass is 10.0. The topological polar surface area (TPSA) is 32.3 Å². The molecule has 0 bridgehead atoms. The number of nitrogens with zero attached hydrogens (tertiary/aromatic N) is 1. The molecule has 0 aromatic rings. The van der Waals surface area contributed by atoms with Gasteiger partial charge in [-0.05, 0) is 31.7 Å². The van der Waals surface area contributed by atoms with E-state index in [1.54, 1.807) is 0 Å². The minimum absolute atomic E-state index is 0.254. The van der Waals surface area contributed by atoms with Crippen LogP contribution in [0.25, 0.3) is 0 Å². The average molecular weight is 210 g/mol. The van der Waals surface area contributed by atoms with Crippen molar-refractivity contribution in [2.24, 2.45) is 11.8 Å². The number of nitrogens with one attached hydrogen (secondary N) is 1. The maximum Gasteiger partial charge on any atom is 0.225 e. The van der Waals surface area contributed by atoms with Crippen molar-refractivity contribution in [1.82, 2.24) is 10.2 Å². The van der Waals surface area contributed by atoms with Gasteiger partial charge in [0.05, 0.1) is 0 Å². The van der Waals surface area contributed by atoms with Gasteiger partial charge in [0.25, 0.3) is 0 Å². The highest BCUT2D eigenvalue weighted by molar-refractivity contribution is 5.79. The standard InChI is InChI=1S/C12H22N2O/c1-3-9(4-2)12(15)14-7-10-5-6-13-11(10)8-14/h9-11,13H,3-8H2,1-2H3/t10-,11+/m0/s1. The van der Waals surface area contributed by atoms with Crippen LogP contribution < -0.4 is 5.32 Å². The van der Waals surface area contributed by atoms with Crippen LogP contribution in [0.5, 0.6) is 0 Å². The van der Waals surface area contributed by atoms with E-state index in [0.717, 1.165) is 38.4 Å². The summed E-state index contributed by atoms with van der Waals surface area (Å²) in [5.74, 6) is 1.36. The van der Waals surface area contributed by atoms with Crippen LogP contribution in [0, 0.1) is 11.8 Å². The maximum atomic E-state index is 12.1. The lowest BCUT2D eigenvalue weighted by Gasteiger charge is -2.22. The molecule has 2 aliphatic rings. The van der Waals surface area contributed by atoms with E-state index in [4.69, 9.17) is 0 Å². The van der Waals surface area contributed by atoms with Gasteiger partial charge in [0.1, 0.15) is 0 Å². The minimum atomic E-state index is 0.254. The summed E-state index contributed by atoms with van der Waals surface area (Å²) >= 11 is 0. The zero-order chi connectivity index (χ0) is 10.8. The molecule has 0 unspecified atom stereocenters. The van der Waals surface area contributed by atoms with Crippen molar-refractivity contribution in [1.29, 1.82) is 0 Å². The fourth-order valence-electron chi connectivity index (χ4n) is 2.93. The van der Waals surface area contributed by atoms with Gasteiger partial charge in [0.2, 0.25) is 5.91 Å². The molecule has 2 rings (SSSR count). The number of amides is 1. The average Bonchev–Trinajstić information content (AvgIpc) is 2.78. The molecule has 2 fully saturated rings. The first kappa shape index (κ1) is 10.9. The second kappa shape index (κ2) is 4.52. The number of carbonyl (C=O) groups excluding carboxylic acids is 1. The Morgan fingerprint density at radius 1 is 1.40 bits per heavy atom. The summed E-state index contributed by atoms with van der Waals surface area (Å²) in [7, 11) is 0. The first-order chi connectivity index (χ1) is 7.26. The van der Waals surface area contributed by atoms with E-state index in [9.17, 15) is 4.79 Å². The third-order valence-electron chi connectivity index (χ3n) is 4.01. The highest BCUT2D eigenvalue weighted by atomic mass is 16.2. The van der Waals surface area contributed by atoms with E-state index in [-0.39, 0.29) is 5.92 Å². The van der Waals surface area contributed by atoms with E-state index in [1.807, 2.05) is 0 Å². The molecule has 0 aromatic carbocycles. The summed E-state index contributed by atoms with van der Waals surface area (Å²) in [5, 5.41) is 3.48. The molecule has 2 aliphatic heterocycles. The zero-order valence-electron chi connectivity index (χ0n) is 9.83. The molecule has 0 aromatic heterocycles. The van der Waals surface area contributed by atoms with Gasteiger partial charge in [0.15, 0.2) is 0 Å². The Balaban J connectivity index is 1.92. The Morgan fingerprint density at radius 2 is 2.13 bits per heavy atom. The van der Waals surface area contributed by atoms with Crippen LogP contribution in [-0.2, 0) is 4.79 Å². The lowest BCUT2D eigenvalue weighted by molar-refractivity contribution is -0.134. The van der Waals surface area contributed by atoms with Crippen molar-refractivity contribution in [3.63, 3.8) is 0 Å². The monoisotopic (exact) mass is 210 g/mol. The molecule has 0 saturated carbocycles. The molecule has 15 heavy (non-hydrogen) atoms. The molecule has 0 radical (unpaired) electrons. The van der Waals surface area contributed by atoms with Gasteiger partial charge in [-0.25, -0.2) is 0 Å². The van der Waals surface area contributed by atoms with Crippen molar-refractivity contribution in [3.05, 3.63) is 0 Å². The molecular weight excluding hydrogens is 188 g/mol. The van der Waals surface area contributed by atoms with Crippen LogP contribution in [0.15, 0.2) is 0 Å². The summed E-state index contributed by atoms with van der Waals surface area (Å²) < 4.78 is 0. The molecule has 0 aliphatic carbocycles. The Labute approximate surface area is 92.2 Å². The highest BCUT2D eigenvalue weighted by Gasteiger charge is 2.38. The van der Waals surface area contributed by atoms with E-state index in [0.29, 0.717) is 11.9 Å². The first-order valence-electron chi connectivity index (χ1n) is 6.28. The van der Waals surface area contributed by atoms with Crippen molar-refractivity contribution >= 4 is 5.91 Å². The summed E-state index contributed by atoms with van der Waals surface area (Å²) in [6.07, 6.45) is 3.21. The van der Waals surface area contributed by atoms with E-state index >= 15 is 0 Å². The minimum Gasteiger partial charge on any atom is -0.341 e. The van der Waals surface area contributed by atoms with Crippen LogP contribution in [-0.4, -0.2) is 36.5 Å². The Kier molecular flexibility index (Phi) is 3.29. The largest absolute Gasteiger partial charge is 0.341 e. The Hall–Kier alpha value is -0.570. The normalized spacial score (nSPS) is 29.9. The number of fused-ring (bicyclic) bond motifs is 1. The number of carbonyl (C=O) groups is 1. The zero-order valence-corrected chi connectivity index (χ0v) is 9.83. The number of hydrogen-bond acceptors (Lipinski definition) is 2. The van der Waals surface area contributed by atoms with Crippen molar-refractivity contribution in [3.8, 4) is 0 Å².